The van der Waals surface area contributed by atoms with Gasteiger partial charge < -0.3 is 5.32 Å². The highest BCUT2D eigenvalue weighted by Crippen LogP contribution is 2.22. The molecule has 5 nitrogen and oxygen atoms in total. The molecule has 0 aliphatic heterocycles. The van der Waals surface area contributed by atoms with Crippen LogP contribution in [0.3, 0.4) is 0 Å². The summed E-state index contributed by atoms with van der Waals surface area (Å²) in [6, 6.07) is 7.80. The summed E-state index contributed by atoms with van der Waals surface area (Å²) in [5.74, 6) is 0.232. The molecule has 0 aliphatic rings. The largest absolute Gasteiger partial charge is 0.347 e. The third kappa shape index (κ3) is 4.65. The number of carbonyl (C=O) groups excluding carboxylic acids is 1. The molecule has 2 aromatic rings. The number of nitrogens with zero attached hydrogens (tertiary/aromatic N) is 3. The van der Waals surface area contributed by atoms with Gasteiger partial charge in [0.15, 0.2) is 0 Å². The molecule has 0 radical (unpaired) electrons. The molecule has 0 saturated carbocycles. The van der Waals surface area contributed by atoms with Gasteiger partial charge in [0, 0.05) is 5.56 Å². The van der Waals surface area contributed by atoms with E-state index in [2.05, 4.69) is 50.1 Å². The first-order valence-corrected chi connectivity index (χ1v) is 8.03. The van der Waals surface area contributed by atoms with Crippen LogP contribution in [0, 0.1) is 5.92 Å². The van der Waals surface area contributed by atoms with E-state index < -0.39 is 0 Å². The summed E-state index contributed by atoms with van der Waals surface area (Å²) in [5.41, 5.74) is 1.98. The van der Waals surface area contributed by atoms with Crippen molar-refractivity contribution in [1.29, 1.82) is 0 Å². The summed E-state index contributed by atoms with van der Waals surface area (Å²) in [5, 5.41) is 11.3. The minimum atomic E-state index is -0.0590. The molecule has 2 rings (SSSR count). The molecule has 23 heavy (non-hydrogen) atoms. The number of carbonyl (C=O) groups is 1. The summed E-state index contributed by atoms with van der Waals surface area (Å²) in [6.07, 6.45) is 3.29. The fraction of sp³-hybridized carbons (Fsp3) is 0.500. The van der Waals surface area contributed by atoms with Crippen molar-refractivity contribution in [3.8, 4) is 0 Å². The van der Waals surface area contributed by atoms with Gasteiger partial charge in [0.2, 0.25) is 0 Å². The first kappa shape index (κ1) is 17.2. The van der Waals surface area contributed by atoms with E-state index in [1.807, 2.05) is 24.3 Å². The van der Waals surface area contributed by atoms with Gasteiger partial charge in [0.1, 0.15) is 0 Å². The predicted octanol–water partition coefficient (Wildman–Crippen LogP) is 3.03. The lowest BCUT2D eigenvalue weighted by Crippen LogP contribution is -2.42. The van der Waals surface area contributed by atoms with Crippen LogP contribution in [0.5, 0.6) is 0 Å². The van der Waals surface area contributed by atoms with Gasteiger partial charge >= 0.3 is 0 Å². The SMILES string of the molecule is CC(C)[C@H](Cn1nccn1)NC(=O)c1ccc(C(C)(C)C)cc1. The molecule has 0 fully saturated rings. The van der Waals surface area contributed by atoms with E-state index in [0.717, 1.165) is 0 Å². The molecular weight excluding hydrogens is 288 g/mol. The highest BCUT2D eigenvalue weighted by molar-refractivity contribution is 5.94. The van der Waals surface area contributed by atoms with E-state index in [0.29, 0.717) is 18.0 Å². The second-order valence-electron chi connectivity index (χ2n) is 7.24. The Balaban J connectivity index is 2.06. The second kappa shape index (κ2) is 6.94. The van der Waals surface area contributed by atoms with Gasteiger partial charge in [-0.2, -0.15) is 15.0 Å². The lowest BCUT2D eigenvalue weighted by molar-refractivity contribution is 0.0918. The van der Waals surface area contributed by atoms with Gasteiger partial charge in [-0.1, -0.05) is 46.8 Å². The smallest absolute Gasteiger partial charge is 0.251 e. The van der Waals surface area contributed by atoms with Crippen molar-refractivity contribution in [1.82, 2.24) is 20.3 Å². The van der Waals surface area contributed by atoms with Crippen molar-refractivity contribution < 1.29 is 4.79 Å². The van der Waals surface area contributed by atoms with Crippen molar-refractivity contribution >= 4 is 5.91 Å². The molecule has 1 aromatic heterocycles. The molecule has 1 N–H and O–H groups in total. The first-order valence-electron chi connectivity index (χ1n) is 8.03. The molecule has 0 spiro atoms. The second-order valence-corrected chi connectivity index (χ2v) is 7.24. The van der Waals surface area contributed by atoms with Gasteiger partial charge in [0.05, 0.1) is 25.0 Å². The van der Waals surface area contributed by atoms with Gasteiger partial charge in [-0.3, -0.25) is 4.79 Å². The lowest BCUT2D eigenvalue weighted by Gasteiger charge is -2.22. The molecule has 1 aromatic carbocycles. The number of benzene rings is 1. The van der Waals surface area contributed by atoms with Crippen molar-refractivity contribution in [2.24, 2.45) is 5.92 Å². The van der Waals surface area contributed by atoms with Crippen molar-refractivity contribution in [2.75, 3.05) is 0 Å². The Hall–Kier alpha value is -2.17. The number of amides is 1. The van der Waals surface area contributed by atoms with Gasteiger partial charge in [-0.05, 0) is 29.0 Å². The molecular formula is C18H26N4O. The van der Waals surface area contributed by atoms with Crippen LogP contribution >= 0.6 is 0 Å². The Bertz CT molecular complexity index is 624. The number of aromatic nitrogens is 3. The minimum Gasteiger partial charge on any atom is -0.347 e. The summed E-state index contributed by atoms with van der Waals surface area (Å²) < 4.78 is 0. The van der Waals surface area contributed by atoms with Crippen LogP contribution in [-0.2, 0) is 12.0 Å². The third-order valence-corrected chi connectivity index (χ3v) is 3.96. The van der Waals surface area contributed by atoms with Crippen molar-refractivity contribution in [3.63, 3.8) is 0 Å². The Morgan fingerprint density at radius 3 is 2.17 bits per heavy atom. The van der Waals surface area contributed by atoms with Crippen molar-refractivity contribution in [2.45, 2.75) is 52.6 Å². The zero-order valence-corrected chi connectivity index (χ0v) is 14.6. The van der Waals surface area contributed by atoms with E-state index in [4.69, 9.17) is 0 Å². The Morgan fingerprint density at radius 2 is 1.70 bits per heavy atom. The molecule has 1 atom stereocenters. The maximum atomic E-state index is 12.5. The predicted molar refractivity (Wildman–Crippen MR) is 91.3 cm³/mol. The minimum absolute atomic E-state index is 0.0165. The molecule has 1 heterocycles. The molecule has 124 valence electrons. The molecule has 1 amide bonds. The maximum absolute atomic E-state index is 12.5. The Kier molecular flexibility index (Phi) is 5.19. The number of hydrogen-bond acceptors (Lipinski definition) is 3. The lowest BCUT2D eigenvalue weighted by atomic mass is 9.86. The Morgan fingerprint density at radius 1 is 1.13 bits per heavy atom. The van der Waals surface area contributed by atoms with E-state index in [-0.39, 0.29) is 17.4 Å². The van der Waals surface area contributed by atoms with Gasteiger partial charge in [-0.15, -0.1) is 0 Å². The van der Waals surface area contributed by atoms with Crippen LogP contribution < -0.4 is 5.32 Å². The van der Waals surface area contributed by atoms with Crippen LogP contribution in [0.15, 0.2) is 36.7 Å². The number of nitrogens with one attached hydrogen (secondary N) is 1. The van der Waals surface area contributed by atoms with Crippen LogP contribution in [-0.4, -0.2) is 26.9 Å². The zero-order valence-electron chi connectivity index (χ0n) is 14.6. The third-order valence-electron chi connectivity index (χ3n) is 3.96. The summed E-state index contributed by atoms with van der Waals surface area (Å²) >= 11 is 0. The fourth-order valence-corrected chi connectivity index (χ4v) is 2.31. The summed E-state index contributed by atoms with van der Waals surface area (Å²) in [6.45, 7) is 11.2. The molecule has 0 bridgehead atoms. The quantitative estimate of drug-likeness (QED) is 0.923. The number of rotatable bonds is 5. The maximum Gasteiger partial charge on any atom is 0.251 e. The van der Waals surface area contributed by atoms with Gasteiger partial charge in [0.25, 0.3) is 5.91 Å². The normalized spacial score (nSPS) is 13.1. The average molecular weight is 314 g/mol. The highest BCUT2D eigenvalue weighted by Gasteiger charge is 2.19. The van der Waals surface area contributed by atoms with Crippen LogP contribution in [0.1, 0.15) is 50.5 Å². The highest BCUT2D eigenvalue weighted by atomic mass is 16.1. The average Bonchev–Trinajstić information content (AvgIpc) is 2.98. The summed E-state index contributed by atoms with van der Waals surface area (Å²) in [7, 11) is 0. The monoisotopic (exact) mass is 314 g/mol. The standard InChI is InChI=1S/C18H26N4O/c1-13(2)16(12-22-19-10-11-20-22)21-17(23)14-6-8-15(9-7-14)18(3,4)5/h6-11,13,16H,12H2,1-5H3,(H,21,23)/t16-/m0/s1. The fourth-order valence-electron chi connectivity index (χ4n) is 2.31. The molecule has 0 unspecified atom stereocenters. The molecule has 5 heteroatoms. The van der Waals surface area contributed by atoms with E-state index in [1.165, 1.54) is 5.56 Å². The molecule has 0 aliphatic carbocycles. The number of hydrogen-bond donors (Lipinski definition) is 1. The Labute approximate surface area is 138 Å². The van der Waals surface area contributed by atoms with Gasteiger partial charge in [-0.25, -0.2) is 0 Å². The first-order chi connectivity index (χ1) is 10.8. The van der Waals surface area contributed by atoms with Crippen LogP contribution in [0.4, 0.5) is 0 Å². The van der Waals surface area contributed by atoms with Crippen LogP contribution in [0.2, 0.25) is 0 Å². The van der Waals surface area contributed by atoms with E-state index >= 15 is 0 Å². The van der Waals surface area contributed by atoms with Crippen molar-refractivity contribution in [3.05, 3.63) is 47.8 Å². The summed E-state index contributed by atoms with van der Waals surface area (Å²) in [4.78, 5) is 14.1. The van der Waals surface area contributed by atoms with Crippen LogP contribution in [0.25, 0.3) is 0 Å². The van der Waals surface area contributed by atoms with E-state index in [1.54, 1.807) is 17.2 Å². The zero-order chi connectivity index (χ0) is 17.0. The van der Waals surface area contributed by atoms with E-state index in [9.17, 15) is 4.79 Å². The topological polar surface area (TPSA) is 59.8 Å². The molecule has 0 saturated heterocycles.